The van der Waals surface area contributed by atoms with Crippen molar-refractivity contribution in [1.82, 2.24) is 0 Å². The van der Waals surface area contributed by atoms with Gasteiger partial charge in [0.1, 0.15) is 0 Å². The molecule has 0 bridgehead atoms. The van der Waals surface area contributed by atoms with Crippen molar-refractivity contribution >= 4 is 9.47 Å². The summed E-state index contributed by atoms with van der Waals surface area (Å²) in [4.78, 5) is 0. The molecule has 2 fully saturated rings. The summed E-state index contributed by atoms with van der Waals surface area (Å²) in [5, 5.41) is 0. The first-order chi connectivity index (χ1) is 6.42. The van der Waals surface area contributed by atoms with Crippen LogP contribution in [0.3, 0.4) is 0 Å². The average Bonchev–Trinajstić information content (AvgIpc) is 2.76. The van der Waals surface area contributed by atoms with Gasteiger partial charge in [-0.1, -0.05) is 25.7 Å². The summed E-state index contributed by atoms with van der Waals surface area (Å²) in [6, 6.07) is 0. The Morgan fingerprint density at radius 2 is 1.23 bits per heavy atom. The van der Waals surface area contributed by atoms with Crippen LogP contribution in [0.4, 0.5) is 0 Å². The fraction of sp³-hybridized carbons (Fsp3) is 1.00. The molecule has 0 heterocycles. The molecule has 2 aliphatic carbocycles. The van der Waals surface area contributed by atoms with E-state index in [2.05, 4.69) is 9.47 Å². The third-order valence-electron chi connectivity index (χ3n) is 3.89. The van der Waals surface area contributed by atoms with Gasteiger partial charge >= 0.3 is 0 Å². The van der Waals surface area contributed by atoms with Gasteiger partial charge < -0.3 is 4.52 Å². The molecule has 0 aromatic carbocycles. The van der Waals surface area contributed by atoms with Crippen LogP contribution >= 0.6 is 9.47 Å². The molecule has 0 radical (unpaired) electrons. The average molecular weight is 200 g/mol. The molecule has 0 spiro atoms. The van der Waals surface area contributed by atoms with Crippen molar-refractivity contribution in [1.29, 1.82) is 0 Å². The monoisotopic (exact) mass is 200 g/mol. The Labute approximate surface area is 83.9 Å². The molecule has 2 saturated carbocycles. The Morgan fingerprint density at radius 1 is 0.846 bits per heavy atom. The van der Waals surface area contributed by atoms with E-state index in [-0.39, 0.29) is 0 Å². The highest BCUT2D eigenvalue weighted by Crippen LogP contribution is 2.39. The van der Waals surface area contributed by atoms with Crippen LogP contribution in [0.2, 0.25) is 0 Å². The predicted molar refractivity (Wildman–Crippen MR) is 58.5 cm³/mol. The van der Waals surface area contributed by atoms with Crippen LogP contribution in [0.25, 0.3) is 0 Å². The second kappa shape index (κ2) is 4.75. The molecule has 1 atom stereocenters. The third-order valence-corrected chi connectivity index (χ3v) is 4.20. The van der Waals surface area contributed by atoms with E-state index < -0.39 is 0 Å². The second-order valence-corrected chi connectivity index (χ2v) is 4.96. The SMILES string of the molecule is POC(C1CCCC1)C1CCCC1. The van der Waals surface area contributed by atoms with Gasteiger partial charge in [0.05, 0.1) is 6.10 Å². The van der Waals surface area contributed by atoms with Crippen molar-refractivity contribution in [2.24, 2.45) is 11.8 Å². The smallest absolute Gasteiger partial charge is 0.0667 e. The van der Waals surface area contributed by atoms with E-state index in [0.29, 0.717) is 6.10 Å². The maximum Gasteiger partial charge on any atom is 0.0667 e. The van der Waals surface area contributed by atoms with Crippen LogP contribution < -0.4 is 0 Å². The van der Waals surface area contributed by atoms with E-state index in [4.69, 9.17) is 4.52 Å². The standard InChI is InChI=1S/C11H21OP/c13-12-11(9-5-1-2-6-9)10-7-3-4-8-10/h9-11H,1-8,13H2. The minimum absolute atomic E-state index is 0.565. The topological polar surface area (TPSA) is 9.23 Å². The molecule has 76 valence electrons. The fourth-order valence-corrected chi connectivity index (χ4v) is 3.62. The van der Waals surface area contributed by atoms with Gasteiger partial charge in [0.2, 0.25) is 0 Å². The molecule has 2 heteroatoms. The van der Waals surface area contributed by atoms with Gasteiger partial charge in [-0.05, 0) is 37.5 Å². The normalized spacial score (nSPS) is 26.3. The maximum absolute atomic E-state index is 5.63. The van der Waals surface area contributed by atoms with Crippen LogP contribution in [-0.2, 0) is 4.52 Å². The third kappa shape index (κ3) is 2.25. The molecular weight excluding hydrogens is 179 g/mol. The van der Waals surface area contributed by atoms with Crippen molar-refractivity contribution in [3.05, 3.63) is 0 Å². The first-order valence-electron chi connectivity index (χ1n) is 5.77. The Hall–Kier alpha value is 0.390. The largest absolute Gasteiger partial charge is 0.362 e. The van der Waals surface area contributed by atoms with E-state index in [1.54, 1.807) is 0 Å². The quantitative estimate of drug-likeness (QED) is 0.633. The molecular formula is C11H21OP. The van der Waals surface area contributed by atoms with E-state index in [1.807, 2.05) is 0 Å². The zero-order chi connectivity index (χ0) is 9.10. The summed E-state index contributed by atoms with van der Waals surface area (Å²) in [5.41, 5.74) is 0. The van der Waals surface area contributed by atoms with Crippen LogP contribution in [0.1, 0.15) is 51.4 Å². The van der Waals surface area contributed by atoms with Gasteiger partial charge in [-0.3, -0.25) is 0 Å². The summed E-state index contributed by atoms with van der Waals surface area (Å²) in [5.74, 6) is 1.75. The van der Waals surface area contributed by atoms with Gasteiger partial charge in [-0.2, -0.15) is 0 Å². The summed E-state index contributed by atoms with van der Waals surface area (Å²) in [6.45, 7) is 0. The van der Waals surface area contributed by atoms with Crippen molar-refractivity contribution in [3.63, 3.8) is 0 Å². The minimum Gasteiger partial charge on any atom is -0.362 e. The van der Waals surface area contributed by atoms with E-state index in [0.717, 1.165) is 11.8 Å². The van der Waals surface area contributed by atoms with Crippen LogP contribution in [0.15, 0.2) is 0 Å². The van der Waals surface area contributed by atoms with Crippen LogP contribution in [-0.4, -0.2) is 6.10 Å². The van der Waals surface area contributed by atoms with Gasteiger partial charge in [0, 0.05) is 9.47 Å². The van der Waals surface area contributed by atoms with E-state index in [1.165, 1.54) is 51.4 Å². The van der Waals surface area contributed by atoms with Gasteiger partial charge in [-0.25, -0.2) is 0 Å². The Kier molecular flexibility index (Phi) is 3.63. The molecule has 0 saturated heterocycles. The summed E-state index contributed by atoms with van der Waals surface area (Å²) in [6.07, 6.45) is 11.9. The molecule has 0 N–H and O–H groups in total. The Balaban J connectivity index is 1.90. The lowest BCUT2D eigenvalue weighted by Gasteiger charge is -2.27. The molecule has 0 amide bonds. The maximum atomic E-state index is 5.63. The van der Waals surface area contributed by atoms with Crippen molar-refractivity contribution < 1.29 is 4.52 Å². The first kappa shape index (κ1) is 9.93. The lowest BCUT2D eigenvalue weighted by Crippen LogP contribution is -2.26. The van der Waals surface area contributed by atoms with Crippen LogP contribution in [0.5, 0.6) is 0 Å². The van der Waals surface area contributed by atoms with Gasteiger partial charge in [-0.15, -0.1) is 0 Å². The van der Waals surface area contributed by atoms with Gasteiger partial charge in [0.25, 0.3) is 0 Å². The van der Waals surface area contributed by atoms with Crippen molar-refractivity contribution in [2.75, 3.05) is 0 Å². The highest BCUT2D eigenvalue weighted by atomic mass is 31.0. The zero-order valence-corrected chi connectivity index (χ0v) is 9.53. The first-order valence-corrected chi connectivity index (χ1v) is 6.24. The van der Waals surface area contributed by atoms with Crippen LogP contribution in [0, 0.1) is 11.8 Å². The minimum atomic E-state index is 0.565. The van der Waals surface area contributed by atoms with E-state index >= 15 is 0 Å². The molecule has 1 unspecified atom stereocenters. The Bertz CT molecular complexity index is 132. The Morgan fingerprint density at radius 3 is 1.54 bits per heavy atom. The molecule has 13 heavy (non-hydrogen) atoms. The molecule has 2 rings (SSSR count). The summed E-state index contributed by atoms with van der Waals surface area (Å²) in [7, 11) is 2.50. The van der Waals surface area contributed by atoms with Crippen molar-refractivity contribution in [2.45, 2.75) is 57.5 Å². The zero-order valence-electron chi connectivity index (χ0n) is 8.37. The lowest BCUT2D eigenvalue weighted by atomic mass is 9.89. The summed E-state index contributed by atoms with van der Waals surface area (Å²) < 4.78 is 5.63. The fourth-order valence-electron chi connectivity index (χ4n) is 3.18. The van der Waals surface area contributed by atoms with E-state index in [9.17, 15) is 0 Å². The molecule has 0 aliphatic heterocycles. The predicted octanol–water partition coefficient (Wildman–Crippen LogP) is 3.54. The molecule has 0 aromatic rings. The molecule has 0 aromatic heterocycles. The second-order valence-electron chi connectivity index (χ2n) is 4.69. The molecule has 1 nitrogen and oxygen atoms in total. The van der Waals surface area contributed by atoms with Crippen molar-refractivity contribution in [3.8, 4) is 0 Å². The highest BCUT2D eigenvalue weighted by Gasteiger charge is 2.32. The summed E-state index contributed by atoms with van der Waals surface area (Å²) >= 11 is 0. The lowest BCUT2D eigenvalue weighted by molar-refractivity contribution is 0.0995. The number of hydrogen-bond donors (Lipinski definition) is 0. The van der Waals surface area contributed by atoms with Gasteiger partial charge in [0.15, 0.2) is 0 Å². The highest BCUT2D eigenvalue weighted by molar-refractivity contribution is 7.09. The number of rotatable bonds is 3. The molecule has 2 aliphatic rings. The number of hydrogen-bond acceptors (Lipinski definition) is 1.